The molecule has 0 bridgehead atoms. The first kappa shape index (κ1) is 29.5. The van der Waals surface area contributed by atoms with Gasteiger partial charge < -0.3 is 24.8 Å². The highest BCUT2D eigenvalue weighted by Crippen LogP contribution is 2.25. The van der Waals surface area contributed by atoms with Gasteiger partial charge in [-0.25, -0.2) is 4.79 Å². The Morgan fingerprint density at radius 3 is 2.18 bits per heavy atom. The maximum Gasteiger partial charge on any atom is 0.378 e. The summed E-state index contributed by atoms with van der Waals surface area (Å²) < 4.78 is 10.2. The van der Waals surface area contributed by atoms with Crippen LogP contribution in [0.3, 0.4) is 0 Å². The van der Waals surface area contributed by atoms with E-state index in [1.54, 1.807) is 0 Å². The number of carbonyl (C=O) groups is 1. The van der Waals surface area contributed by atoms with Crippen LogP contribution in [0.5, 0.6) is 0 Å². The van der Waals surface area contributed by atoms with Crippen LogP contribution in [0.4, 0.5) is 0 Å². The predicted molar refractivity (Wildman–Crippen MR) is 132 cm³/mol. The molecule has 1 rings (SSSR count). The van der Waals surface area contributed by atoms with Gasteiger partial charge in [0.1, 0.15) is 6.10 Å². The van der Waals surface area contributed by atoms with E-state index >= 15 is 0 Å². The van der Waals surface area contributed by atoms with Gasteiger partial charge in [-0.2, -0.15) is 0 Å². The first-order valence-electron chi connectivity index (χ1n) is 12.9. The second-order valence-corrected chi connectivity index (χ2v) is 10.3. The molecule has 0 radical (unpaired) electrons. The molecule has 0 aromatic heterocycles. The van der Waals surface area contributed by atoms with E-state index in [2.05, 4.69) is 40.7 Å². The zero-order chi connectivity index (χ0) is 24.8. The lowest BCUT2D eigenvalue weighted by Gasteiger charge is -2.15. The average molecular weight is 469 g/mol. The number of aliphatic hydroxyl groups excluding tert-OH is 3. The minimum atomic E-state index is -1.36. The normalized spacial score (nSPS) is 19.7. The molecule has 6 heteroatoms. The molecular formula is C27H48O6. The van der Waals surface area contributed by atoms with Crippen LogP contribution in [0.15, 0.2) is 23.2 Å². The van der Waals surface area contributed by atoms with Gasteiger partial charge in [-0.05, 0) is 43.9 Å². The minimum absolute atomic E-state index is 0.236. The van der Waals surface area contributed by atoms with Gasteiger partial charge in [0.05, 0.1) is 13.2 Å². The van der Waals surface area contributed by atoms with Crippen molar-refractivity contribution in [2.45, 2.75) is 111 Å². The first-order chi connectivity index (χ1) is 15.6. The van der Waals surface area contributed by atoms with Crippen LogP contribution in [0.25, 0.3) is 0 Å². The van der Waals surface area contributed by atoms with E-state index in [0.717, 1.165) is 24.2 Å². The van der Waals surface area contributed by atoms with Crippen molar-refractivity contribution in [1.29, 1.82) is 0 Å². The van der Waals surface area contributed by atoms with Crippen LogP contribution in [0.2, 0.25) is 0 Å². The molecule has 0 saturated carbocycles. The van der Waals surface area contributed by atoms with Crippen molar-refractivity contribution >= 4 is 5.97 Å². The summed E-state index contributed by atoms with van der Waals surface area (Å²) in [6.07, 6.45) is 11.6. The minimum Gasteiger partial charge on any atom is -0.505 e. The number of rotatable bonds is 18. The number of allylic oxidation sites excluding steroid dienone is 1. The molecule has 1 aliphatic rings. The Hall–Kier alpha value is -1.53. The monoisotopic (exact) mass is 468 g/mol. The van der Waals surface area contributed by atoms with Gasteiger partial charge in [-0.15, -0.1) is 0 Å². The third-order valence-electron chi connectivity index (χ3n) is 6.46. The van der Waals surface area contributed by atoms with E-state index in [0.29, 0.717) is 6.42 Å². The number of esters is 1. The van der Waals surface area contributed by atoms with Gasteiger partial charge in [0.2, 0.25) is 5.76 Å². The molecule has 6 nitrogen and oxygen atoms in total. The van der Waals surface area contributed by atoms with E-state index in [-0.39, 0.29) is 12.4 Å². The summed E-state index contributed by atoms with van der Waals surface area (Å²) in [6, 6.07) is 0. The summed E-state index contributed by atoms with van der Waals surface area (Å²) in [4.78, 5) is 11.8. The maximum absolute atomic E-state index is 11.8. The highest BCUT2D eigenvalue weighted by Gasteiger charge is 2.40. The van der Waals surface area contributed by atoms with Crippen LogP contribution >= 0.6 is 0 Å². The molecule has 0 aromatic rings. The van der Waals surface area contributed by atoms with E-state index in [1.807, 2.05) is 0 Å². The van der Waals surface area contributed by atoms with Crippen LogP contribution in [-0.4, -0.2) is 46.7 Å². The van der Waals surface area contributed by atoms with Crippen molar-refractivity contribution < 1.29 is 29.6 Å². The van der Waals surface area contributed by atoms with Crippen molar-refractivity contribution in [1.82, 2.24) is 0 Å². The fourth-order valence-electron chi connectivity index (χ4n) is 4.22. The third-order valence-corrected chi connectivity index (χ3v) is 6.46. The molecule has 1 heterocycles. The quantitative estimate of drug-likeness (QED) is 0.133. The molecule has 0 amide bonds. The lowest BCUT2D eigenvalue weighted by atomic mass is 9.91. The number of ether oxygens (including phenoxy) is 2. The van der Waals surface area contributed by atoms with Gasteiger partial charge in [-0.1, -0.05) is 84.3 Å². The molecule has 0 aromatic carbocycles. The molecule has 0 aliphatic carbocycles. The summed E-state index contributed by atoms with van der Waals surface area (Å²) in [5.41, 5.74) is 1.30. The van der Waals surface area contributed by atoms with Crippen LogP contribution in [0.1, 0.15) is 98.8 Å². The van der Waals surface area contributed by atoms with Crippen molar-refractivity contribution in [3.63, 3.8) is 0 Å². The second-order valence-electron chi connectivity index (χ2n) is 10.3. The topological polar surface area (TPSA) is 96.2 Å². The summed E-state index contributed by atoms with van der Waals surface area (Å²) in [6.45, 7) is 11.1. The molecular weight excluding hydrogens is 420 g/mol. The summed E-state index contributed by atoms with van der Waals surface area (Å²) in [5.74, 6) is 0.874. The van der Waals surface area contributed by atoms with Gasteiger partial charge in [0.15, 0.2) is 11.9 Å². The molecule has 0 fully saturated rings. The van der Waals surface area contributed by atoms with E-state index in [9.17, 15) is 15.0 Å². The SMILES string of the molecule is CC(=CCCOC1=C(O)[C@@H]([C@@H](O)CO)OC1=O)CCCC(C)CCCC(C)CCCC(C)C. The average Bonchev–Trinajstić information content (AvgIpc) is 3.04. The van der Waals surface area contributed by atoms with Gasteiger partial charge in [-0.3, -0.25) is 0 Å². The Morgan fingerprint density at radius 2 is 1.61 bits per heavy atom. The summed E-state index contributed by atoms with van der Waals surface area (Å²) >= 11 is 0. The van der Waals surface area contributed by atoms with E-state index in [1.165, 1.54) is 56.9 Å². The molecule has 0 spiro atoms. The maximum atomic E-state index is 11.8. The fraction of sp³-hybridized carbons (Fsp3) is 0.815. The number of hydrogen-bond donors (Lipinski definition) is 3. The number of hydrogen-bond acceptors (Lipinski definition) is 6. The van der Waals surface area contributed by atoms with Crippen LogP contribution < -0.4 is 0 Å². The Morgan fingerprint density at radius 1 is 1.03 bits per heavy atom. The molecule has 3 N–H and O–H groups in total. The fourth-order valence-corrected chi connectivity index (χ4v) is 4.22. The first-order valence-corrected chi connectivity index (χ1v) is 12.9. The van der Waals surface area contributed by atoms with Gasteiger partial charge in [0, 0.05) is 0 Å². The molecule has 2 unspecified atom stereocenters. The predicted octanol–water partition coefficient (Wildman–Crippen LogP) is 5.83. The van der Waals surface area contributed by atoms with Crippen molar-refractivity contribution in [3.8, 4) is 0 Å². The molecule has 4 atom stereocenters. The highest BCUT2D eigenvalue weighted by molar-refractivity contribution is 5.89. The third kappa shape index (κ3) is 11.9. The van der Waals surface area contributed by atoms with Crippen LogP contribution in [-0.2, 0) is 14.3 Å². The lowest BCUT2D eigenvalue weighted by Crippen LogP contribution is -2.31. The highest BCUT2D eigenvalue weighted by atomic mass is 16.6. The second kappa shape index (κ2) is 16.2. The Labute approximate surface area is 201 Å². The Kier molecular flexibility index (Phi) is 14.4. The molecule has 192 valence electrons. The lowest BCUT2D eigenvalue weighted by molar-refractivity contribution is -0.148. The van der Waals surface area contributed by atoms with Gasteiger partial charge >= 0.3 is 5.97 Å². The van der Waals surface area contributed by atoms with E-state index < -0.39 is 30.5 Å². The van der Waals surface area contributed by atoms with Crippen molar-refractivity contribution in [2.75, 3.05) is 13.2 Å². The van der Waals surface area contributed by atoms with Gasteiger partial charge in [0.25, 0.3) is 0 Å². The Balaban J connectivity index is 2.17. The van der Waals surface area contributed by atoms with Crippen molar-refractivity contribution in [3.05, 3.63) is 23.2 Å². The number of aliphatic hydroxyl groups is 3. The summed E-state index contributed by atoms with van der Waals surface area (Å²) in [7, 11) is 0. The van der Waals surface area contributed by atoms with E-state index in [4.69, 9.17) is 14.6 Å². The molecule has 0 saturated heterocycles. The molecule has 33 heavy (non-hydrogen) atoms. The zero-order valence-corrected chi connectivity index (χ0v) is 21.5. The number of cyclic esters (lactones) is 1. The summed E-state index contributed by atoms with van der Waals surface area (Å²) in [5, 5.41) is 28.5. The zero-order valence-electron chi connectivity index (χ0n) is 21.5. The largest absolute Gasteiger partial charge is 0.505 e. The smallest absolute Gasteiger partial charge is 0.378 e. The van der Waals surface area contributed by atoms with Crippen LogP contribution in [0, 0.1) is 17.8 Å². The molecule has 1 aliphatic heterocycles. The Bertz CT molecular complexity index is 624. The number of carbonyl (C=O) groups excluding carboxylic acids is 1. The standard InChI is InChI=1S/C27H48O6/c1-19(2)10-6-11-20(3)12-7-13-21(4)14-8-15-22(5)16-9-17-32-26-24(30)25(23(29)18-28)33-27(26)31/h16,19-21,23,25,28-30H,6-15,17-18H2,1-5H3/t20?,21?,23-,25+/m0/s1. The van der Waals surface area contributed by atoms with Crippen molar-refractivity contribution in [2.24, 2.45) is 17.8 Å².